The number of benzene rings is 1. The molecule has 0 fully saturated rings. The van der Waals surface area contributed by atoms with Crippen LogP contribution in [0.1, 0.15) is 10.4 Å². The quantitative estimate of drug-likeness (QED) is 0.747. The first-order chi connectivity index (χ1) is 9.38. The molecule has 1 amide bonds. The minimum Gasteiger partial charge on any atom is -0.397 e. The number of primary amides is 1. The number of carbonyl (C=O) groups excluding carboxylic acids is 1. The van der Waals surface area contributed by atoms with E-state index in [0.29, 0.717) is 0 Å². The molecule has 0 radical (unpaired) electrons. The van der Waals surface area contributed by atoms with Gasteiger partial charge < -0.3 is 16.8 Å². The van der Waals surface area contributed by atoms with Gasteiger partial charge >= 0.3 is 0 Å². The normalized spacial score (nSPS) is 10.3. The first kappa shape index (κ1) is 14.2. The molecule has 8 heteroatoms. The minimum atomic E-state index is -0.740. The van der Waals surface area contributed by atoms with E-state index in [9.17, 15) is 13.6 Å². The summed E-state index contributed by atoms with van der Waals surface area (Å²) in [6.07, 6.45) is 1.20. The van der Waals surface area contributed by atoms with Gasteiger partial charge in [-0.1, -0.05) is 0 Å². The number of anilines is 3. The Balaban J connectivity index is 2.38. The van der Waals surface area contributed by atoms with Crippen LogP contribution in [0.3, 0.4) is 0 Å². The summed E-state index contributed by atoms with van der Waals surface area (Å²) < 4.78 is 27.0. The van der Waals surface area contributed by atoms with Crippen LogP contribution >= 0.6 is 15.9 Å². The molecule has 5 N–H and O–H groups in total. The third-order valence-electron chi connectivity index (χ3n) is 2.47. The fraction of sp³-hybridized carbons (Fsp3) is 0. The third kappa shape index (κ3) is 2.85. The van der Waals surface area contributed by atoms with Crippen LogP contribution in [0.25, 0.3) is 0 Å². The monoisotopic (exact) mass is 342 g/mol. The molecule has 0 aliphatic heterocycles. The fourth-order valence-electron chi connectivity index (χ4n) is 1.50. The highest BCUT2D eigenvalue weighted by Gasteiger charge is 2.11. The van der Waals surface area contributed by atoms with E-state index in [1.165, 1.54) is 12.3 Å². The molecule has 20 heavy (non-hydrogen) atoms. The Hall–Kier alpha value is -2.22. The highest BCUT2D eigenvalue weighted by Crippen LogP contribution is 2.26. The van der Waals surface area contributed by atoms with Crippen molar-refractivity contribution in [3.05, 3.63) is 46.1 Å². The summed E-state index contributed by atoms with van der Waals surface area (Å²) in [5.74, 6) is -1.94. The van der Waals surface area contributed by atoms with Gasteiger partial charge in [-0.2, -0.15) is 0 Å². The van der Waals surface area contributed by atoms with Gasteiger partial charge in [0.05, 0.1) is 27.6 Å². The summed E-state index contributed by atoms with van der Waals surface area (Å²) >= 11 is 2.87. The molecule has 2 rings (SSSR count). The topological polar surface area (TPSA) is 94.0 Å². The van der Waals surface area contributed by atoms with Crippen molar-refractivity contribution >= 4 is 39.0 Å². The molecule has 104 valence electrons. The number of nitrogen functional groups attached to an aromatic ring is 1. The Kier molecular flexibility index (Phi) is 3.84. The molecule has 1 aromatic carbocycles. The van der Waals surface area contributed by atoms with Crippen molar-refractivity contribution in [3.8, 4) is 0 Å². The molecule has 0 aliphatic carbocycles. The van der Waals surface area contributed by atoms with Crippen LogP contribution in [-0.2, 0) is 0 Å². The molecule has 0 saturated carbocycles. The van der Waals surface area contributed by atoms with Crippen LogP contribution < -0.4 is 16.8 Å². The van der Waals surface area contributed by atoms with Gasteiger partial charge in [-0.15, -0.1) is 0 Å². The van der Waals surface area contributed by atoms with Crippen LogP contribution in [0.4, 0.5) is 26.0 Å². The van der Waals surface area contributed by atoms with Crippen LogP contribution in [-0.4, -0.2) is 10.9 Å². The van der Waals surface area contributed by atoms with E-state index in [4.69, 9.17) is 11.5 Å². The highest BCUT2D eigenvalue weighted by atomic mass is 79.9. The van der Waals surface area contributed by atoms with Crippen molar-refractivity contribution in [1.82, 2.24) is 4.98 Å². The summed E-state index contributed by atoms with van der Waals surface area (Å²) in [4.78, 5) is 15.0. The first-order valence-electron chi connectivity index (χ1n) is 5.35. The molecule has 2 aromatic rings. The second kappa shape index (κ2) is 5.41. The SMILES string of the molecule is NC(=O)c1cc(Nc2cc(F)c(Br)cc2F)ncc1N. The number of hydrogen-bond acceptors (Lipinski definition) is 4. The predicted molar refractivity (Wildman–Crippen MR) is 74.5 cm³/mol. The lowest BCUT2D eigenvalue weighted by Crippen LogP contribution is -2.14. The number of halogens is 3. The molecular formula is C12H9BrF2N4O. The van der Waals surface area contributed by atoms with Gasteiger partial charge in [0.15, 0.2) is 0 Å². The molecule has 0 unspecified atom stereocenters. The number of nitrogens with one attached hydrogen (secondary N) is 1. The maximum Gasteiger partial charge on any atom is 0.250 e. The predicted octanol–water partition coefficient (Wildman–Crippen LogP) is 2.55. The van der Waals surface area contributed by atoms with Crippen LogP contribution in [0.5, 0.6) is 0 Å². The molecule has 1 heterocycles. The number of nitrogens with zero attached hydrogens (tertiary/aromatic N) is 1. The maximum atomic E-state index is 13.7. The molecule has 0 atom stereocenters. The second-order valence-electron chi connectivity index (χ2n) is 3.89. The number of pyridine rings is 1. The average Bonchev–Trinajstić information content (AvgIpc) is 2.37. The molecule has 0 spiro atoms. The van der Waals surface area contributed by atoms with E-state index < -0.39 is 17.5 Å². The largest absolute Gasteiger partial charge is 0.397 e. The van der Waals surface area contributed by atoms with Gasteiger partial charge in [0.1, 0.15) is 17.5 Å². The average molecular weight is 343 g/mol. The van der Waals surface area contributed by atoms with Crippen molar-refractivity contribution in [2.75, 3.05) is 11.1 Å². The first-order valence-corrected chi connectivity index (χ1v) is 6.14. The van der Waals surface area contributed by atoms with Gasteiger partial charge in [0.25, 0.3) is 5.91 Å². The van der Waals surface area contributed by atoms with E-state index >= 15 is 0 Å². The zero-order valence-corrected chi connectivity index (χ0v) is 11.5. The maximum absolute atomic E-state index is 13.7. The third-order valence-corrected chi connectivity index (χ3v) is 3.08. The van der Waals surface area contributed by atoms with Crippen molar-refractivity contribution in [3.63, 3.8) is 0 Å². The summed E-state index contributed by atoms with van der Waals surface area (Å²) in [6.45, 7) is 0. The Labute approximate surface area is 121 Å². The van der Waals surface area contributed by atoms with E-state index in [-0.39, 0.29) is 27.2 Å². The van der Waals surface area contributed by atoms with E-state index in [1.54, 1.807) is 0 Å². The molecule has 0 saturated heterocycles. The zero-order valence-electron chi connectivity index (χ0n) is 9.95. The van der Waals surface area contributed by atoms with Gasteiger partial charge in [-0.3, -0.25) is 4.79 Å². The van der Waals surface area contributed by atoms with E-state index in [2.05, 4.69) is 26.2 Å². The van der Waals surface area contributed by atoms with Crippen LogP contribution in [0.2, 0.25) is 0 Å². The number of carbonyl (C=O) groups is 1. The van der Waals surface area contributed by atoms with Crippen molar-refractivity contribution in [2.45, 2.75) is 0 Å². The van der Waals surface area contributed by atoms with Gasteiger partial charge in [0, 0.05) is 6.07 Å². The van der Waals surface area contributed by atoms with Crippen LogP contribution in [0, 0.1) is 11.6 Å². The molecule has 1 aromatic heterocycles. The number of nitrogens with two attached hydrogens (primary N) is 2. The number of aromatic nitrogens is 1. The molecular weight excluding hydrogens is 334 g/mol. The summed E-state index contributed by atoms with van der Waals surface area (Å²) in [6, 6.07) is 3.20. The van der Waals surface area contributed by atoms with Crippen molar-refractivity contribution in [2.24, 2.45) is 5.73 Å². The smallest absolute Gasteiger partial charge is 0.250 e. The van der Waals surface area contributed by atoms with Crippen molar-refractivity contribution in [1.29, 1.82) is 0 Å². The molecule has 0 bridgehead atoms. The lowest BCUT2D eigenvalue weighted by Gasteiger charge is -2.09. The van der Waals surface area contributed by atoms with Gasteiger partial charge in [-0.25, -0.2) is 13.8 Å². The Morgan fingerprint density at radius 1 is 1.25 bits per heavy atom. The van der Waals surface area contributed by atoms with Crippen molar-refractivity contribution < 1.29 is 13.6 Å². The molecule has 0 aliphatic rings. The number of amides is 1. The van der Waals surface area contributed by atoms with E-state index in [0.717, 1.165) is 12.1 Å². The number of hydrogen-bond donors (Lipinski definition) is 3. The fourth-order valence-corrected chi connectivity index (χ4v) is 1.82. The lowest BCUT2D eigenvalue weighted by atomic mass is 10.2. The molecule has 5 nitrogen and oxygen atoms in total. The van der Waals surface area contributed by atoms with E-state index in [1.807, 2.05) is 0 Å². The zero-order chi connectivity index (χ0) is 14.9. The highest BCUT2D eigenvalue weighted by molar-refractivity contribution is 9.10. The van der Waals surface area contributed by atoms with Gasteiger partial charge in [0.2, 0.25) is 0 Å². The second-order valence-corrected chi connectivity index (χ2v) is 4.75. The Morgan fingerprint density at radius 2 is 1.95 bits per heavy atom. The summed E-state index contributed by atoms with van der Waals surface area (Å²) in [5, 5.41) is 2.55. The number of rotatable bonds is 3. The van der Waals surface area contributed by atoms with Crippen LogP contribution in [0.15, 0.2) is 28.9 Å². The Morgan fingerprint density at radius 3 is 2.60 bits per heavy atom. The van der Waals surface area contributed by atoms with Gasteiger partial charge in [-0.05, 0) is 28.1 Å². The Bertz CT molecular complexity index is 693. The summed E-state index contributed by atoms with van der Waals surface area (Å²) in [7, 11) is 0. The summed E-state index contributed by atoms with van der Waals surface area (Å²) in [5.41, 5.74) is 10.7. The minimum absolute atomic E-state index is 0.00337. The lowest BCUT2D eigenvalue weighted by molar-refractivity contribution is 0.100. The standard InChI is InChI=1S/C12H9BrF2N4O/c13-6-2-8(15)10(3-7(6)14)19-11-1-5(12(17)20)9(16)4-18-11/h1-4H,16H2,(H2,17,20)(H,18,19).